The van der Waals surface area contributed by atoms with Crippen molar-refractivity contribution in [1.29, 1.82) is 5.41 Å². The van der Waals surface area contributed by atoms with E-state index in [2.05, 4.69) is 10.1 Å². The van der Waals surface area contributed by atoms with Crippen LogP contribution in [0.3, 0.4) is 0 Å². The van der Waals surface area contributed by atoms with Gasteiger partial charge in [0.15, 0.2) is 12.4 Å². The van der Waals surface area contributed by atoms with Gasteiger partial charge in [0, 0.05) is 0 Å². The number of hydrogen-bond donors (Lipinski definition) is 7. The summed E-state index contributed by atoms with van der Waals surface area (Å²) in [6.07, 6.45) is -3.49. The van der Waals surface area contributed by atoms with Crippen LogP contribution in [0.5, 0.6) is 0 Å². The van der Waals surface area contributed by atoms with Crippen molar-refractivity contribution < 1.29 is 34.7 Å². The van der Waals surface area contributed by atoms with Crippen LogP contribution in [-0.2, 0) is 9.59 Å². The number of hydrogen-bond acceptors (Lipinski definition) is 7. The highest BCUT2D eigenvalue weighted by molar-refractivity contribution is 5.88. The molecule has 4 unspecified atom stereocenters. The molecule has 0 rings (SSSR count). The summed E-state index contributed by atoms with van der Waals surface area (Å²) >= 11 is 0. The van der Waals surface area contributed by atoms with Crippen LogP contribution in [0.2, 0.25) is 0 Å². The molecule has 0 heterocycles. The predicted molar refractivity (Wildman–Crippen MR) is 81.6 cm³/mol. The summed E-state index contributed by atoms with van der Waals surface area (Å²) in [5, 5.41) is 48.1. The minimum Gasteiger partial charge on any atom is -0.481 e. The molecule has 12 nitrogen and oxygen atoms in total. The van der Waals surface area contributed by atoms with Gasteiger partial charge in [0.05, 0.1) is 5.92 Å². The second kappa shape index (κ2) is 9.52. The number of azo groups is 2. The average molecular weight is 347 g/mol. The molecule has 0 aliphatic rings. The van der Waals surface area contributed by atoms with Gasteiger partial charge < -0.3 is 31.9 Å². The topological polar surface area (TPSA) is 219 Å². The monoisotopic (exact) mass is 347 g/mol. The molecule has 12 heteroatoms. The molecule has 0 aliphatic carbocycles. The van der Waals surface area contributed by atoms with Crippen LogP contribution in [-0.4, -0.2) is 74.3 Å². The van der Waals surface area contributed by atoms with Crippen LogP contribution < -0.4 is 11.5 Å². The van der Waals surface area contributed by atoms with Crippen molar-refractivity contribution in [3.63, 3.8) is 0 Å². The van der Waals surface area contributed by atoms with E-state index in [1.54, 1.807) is 0 Å². The van der Waals surface area contributed by atoms with Crippen molar-refractivity contribution in [2.24, 2.45) is 33.4 Å². The number of aliphatic hydroxyl groups excluding tert-OH is 2. The van der Waals surface area contributed by atoms with Crippen LogP contribution in [0, 0.1) is 17.2 Å². The largest absolute Gasteiger partial charge is 0.481 e. The molecule has 0 saturated heterocycles. The van der Waals surface area contributed by atoms with Crippen molar-refractivity contribution in [2.45, 2.75) is 26.3 Å². The number of rotatable bonds is 10. The van der Waals surface area contributed by atoms with Gasteiger partial charge in [0.1, 0.15) is 18.3 Å². The molecule has 0 aromatic heterocycles. The van der Waals surface area contributed by atoms with Gasteiger partial charge >= 0.3 is 18.2 Å². The third-order valence-electron chi connectivity index (χ3n) is 2.94. The fourth-order valence-electron chi connectivity index (χ4n) is 1.33. The lowest BCUT2D eigenvalue weighted by Gasteiger charge is -2.12. The van der Waals surface area contributed by atoms with E-state index in [0.717, 1.165) is 4.70 Å². The van der Waals surface area contributed by atoms with Gasteiger partial charge in [-0.15, -0.1) is 0 Å². The van der Waals surface area contributed by atoms with E-state index in [4.69, 9.17) is 27.1 Å². The highest BCUT2D eigenvalue weighted by Gasteiger charge is 2.30. The van der Waals surface area contributed by atoms with Gasteiger partial charge in [-0.25, -0.2) is 4.99 Å². The number of amidine groups is 2. The normalized spacial score (nSPS) is 17.7. The zero-order chi connectivity index (χ0) is 19.0. The van der Waals surface area contributed by atoms with Crippen LogP contribution in [0.15, 0.2) is 10.1 Å². The lowest BCUT2D eigenvalue weighted by molar-refractivity contribution is -0.651. The van der Waals surface area contributed by atoms with Crippen molar-refractivity contribution >= 4 is 23.6 Å². The van der Waals surface area contributed by atoms with Gasteiger partial charge in [-0.1, -0.05) is 4.70 Å². The first kappa shape index (κ1) is 21.4. The maximum Gasteiger partial charge on any atom is 0.337 e. The Morgan fingerprint density at radius 1 is 1.12 bits per heavy atom. The summed E-state index contributed by atoms with van der Waals surface area (Å²) in [5.41, 5.74) is 10.5. The smallest absolute Gasteiger partial charge is 0.337 e. The van der Waals surface area contributed by atoms with Gasteiger partial charge in [-0.2, -0.15) is 0 Å². The zero-order valence-corrected chi connectivity index (χ0v) is 13.3. The number of aliphatic hydroxyl groups is 2. The number of aliphatic imine (C=N–C) groups is 1. The van der Waals surface area contributed by atoms with Crippen LogP contribution in [0.25, 0.3) is 0 Å². The number of nitrogens with zero attached hydrogens (tertiary/aromatic N) is 3. The highest BCUT2D eigenvalue weighted by Crippen LogP contribution is 2.04. The van der Waals surface area contributed by atoms with Crippen molar-refractivity contribution in [3.8, 4) is 0 Å². The van der Waals surface area contributed by atoms with Gasteiger partial charge in [-0.3, -0.25) is 15.0 Å². The fourth-order valence-corrected chi connectivity index (χ4v) is 1.33. The molecule has 0 aliphatic heterocycles. The van der Waals surface area contributed by atoms with E-state index in [9.17, 15) is 19.8 Å². The Bertz CT molecular complexity index is 548. The number of carbonyl (C=O) groups is 2. The Labute approximate surface area is 137 Å². The first-order chi connectivity index (χ1) is 11.0. The molecule has 136 valence electrons. The Kier molecular flexibility index (Phi) is 8.49. The number of nitrogens with two attached hydrogens (primary N) is 2. The molecule has 0 spiro atoms. The van der Waals surface area contributed by atoms with E-state index in [-0.39, 0.29) is 13.1 Å². The molecule has 0 radical (unpaired) electrons. The molecule has 24 heavy (non-hydrogen) atoms. The molecule has 9 N–H and O–H groups in total. The third kappa shape index (κ3) is 7.11. The van der Waals surface area contributed by atoms with Crippen molar-refractivity contribution in [1.82, 2.24) is 0 Å². The van der Waals surface area contributed by atoms with Crippen molar-refractivity contribution in [3.05, 3.63) is 0 Å². The number of carboxylic acids is 2. The lowest BCUT2D eigenvalue weighted by atomic mass is 10.2. The van der Waals surface area contributed by atoms with Gasteiger partial charge in [-0.05, 0) is 19.0 Å². The Morgan fingerprint density at radius 3 is 2.04 bits per heavy atom. The van der Waals surface area contributed by atoms with Crippen LogP contribution in [0.4, 0.5) is 0 Å². The minimum absolute atomic E-state index is 0.235. The van der Waals surface area contributed by atoms with Gasteiger partial charge in [0.25, 0.3) is 0 Å². The molecule has 0 saturated carbocycles. The van der Waals surface area contributed by atoms with E-state index >= 15 is 0 Å². The molecule has 0 aromatic rings. The second-order valence-electron chi connectivity index (χ2n) is 5.18. The highest BCUT2D eigenvalue weighted by atomic mass is 16.4. The Morgan fingerprint density at radius 2 is 1.62 bits per heavy atom. The molecule has 0 amide bonds. The first-order valence-electron chi connectivity index (χ1n) is 6.90. The molecule has 0 aromatic carbocycles. The quantitative estimate of drug-likeness (QED) is 0.0755. The summed E-state index contributed by atoms with van der Waals surface area (Å²) in [6.45, 7) is 2.22. The SMILES string of the molecule is CC(CN=[N+](CC(C)C(=O)O)C(O)C(N)=NC(O)C(=N)N)C(=O)O. The maximum atomic E-state index is 11.0. The zero-order valence-electron chi connectivity index (χ0n) is 13.3. The second-order valence-corrected chi connectivity index (χ2v) is 5.18. The first-order valence-corrected chi connectivity index (χ1v) is 6.90. The lowest BCUT2D eigenvalue weighted by Crippen LogP contribution is -2.43. The summed E-state index contributed by atoms with van der Waals surface area (Å²) in [7, 11) is 0. The number of carboxylic acid groups (broad SMARTS) is 2. The average Bonchev–Trinajstić information content (AvgIpc) is 2.49. The van der Waals surface area contributed by atoms with Crippen molar-refractivity contribution in [2.75, 3.05) is 13.1 Å². The van der Waals surface area contributed by atoms with E-state index in [1.165, 1.54) is 13.8 Å². The molecule has 4 atom stereocenters. The summed E-state index contributed by atoms with van der Waals surface area (Å²) in [4.78, 5) is 25.2. The summed E-state index contributed by atoms with van der Waals surface area (Å²) in [5.74, 6) is -5.36. The predicted octanol–water partition coefficient (Wildman–Crippen LogP) is -2.18. The van der Waals surface area contributed by atoms with Gasteiger partial charge in [0.2, 0.25) is 6.23 Å². The Balaban J connectivity index is 5.42. The van der Waals surface area contributed by atoms with E-state index in [0.29, 0.717) is 0 Å². The number of nitrogens with one attached hydrogen (secondary N) is 1. The molecular formula is C12H23N6O6+. The number of aliphatic carboxylic acids is 2. The van der Waals surface area contributed by atoms with Crippen LogP contribution >= 0.6 is 0 Å². The molecule has 0 bridgehead atoms. The molecule has 0 fully saturated rings. The molecular weight excluding hydrogens is 324 g/mol. The maximum absolute atomic E-state index is 11.0. The van der Waals surface area contributed by atoms with E-state index < -0.39 is 47.9 Å². The minimum atomic E-state index is -1.77. The Hall–Kier alpha value is -2.60. The van der Waals surface area contributed by atoms with Crippen LogP contribution in [0.1, 0.15) is 13.8 Å². The van der Waals surface area contributed by atoms with E-state index in [1.807, 2.05) is 0 Å². The fraction of sp³-hybridized carbons (Fsp3) is 0.667. The standard InChI is InChI=1S/C12H22N6O6/c1-5(11(21)22)3-16-18(4-6(2)12(23)24)10(20)8(15)17-9(19)7(13)14/h5-6,9-10,19-20H,3-4H2,1-2H3,(H6-,13,14,15,17,21,22,23,24)/p+1. The summed E-state index contributed by atoms with van der Waals surface area (Å²) in [6, 6.07) is 0. The summed E-state index contributed by atoms with van der Waals surface area (Å²) < 4.78 is 0.865. The third-order valence-corrected chi connectivity index (χ3v) is 2.94.